The molecule has 2 aromatic heterocycles. The van der Waals surface area contributed by atoms with Crippen molar-refractivity contribution in [1.82, 2.24) is 40.4 Å². The van der Waals surface area contributed by atoms with Crippen molar-refractivity contribution >= 4 is 0 Å². The highest BCUT2D eigenvalue weighted by molar-refractivity contribution is 5.65. The third-order valence-electron chi connectivity index (χ3n) is 8.12. The van der Waals surface area contributed by atoms with Crippen LogP contribution in [0.3, 0.4) is 0 Å². The van der Waals surface area contributed by atoms with Crippen LogP contribution in [0.15, 0.2) is 79.1 Å². The Morgan fingerprint density at radius 3 is 2.18 bits per heavy atom. The molecule has 0 spiro atoms. The number of likely N-dealkylation sites (N-methyl/N-ethyl adjacent to an activating group) is 4. The lowest BCUT2D eigenvalue weighted by Gasteiger charge is -2.16. The van der Waals surface area contributed by atoms with Gasteiger partial charge in [-0.3, -0.25) is 5.10 Å². The summed E-state index contributed by atoms with van der Waals surface area (Å²) in [5, 5.41) is 27.8. The summed E-state index contributed by atoms with van der Waals surface area (Å²) in [5.74, 6) is 0.883. The number of aromatic amines is 1. The minimum absolute atomic E-state index is 0.0884. The predicted octanol–water partition coefficient (Wildman–Crippen LogP) is 4.92. The molecule has 0 unspecified atom stereocenters. The number of hydrogen-bond donors (Lipinski definition) is 4. The van der Waals surface area contributed by atoms with Crippen LogP contribution in [0.1, 0.15) is 17.5 Å². The number of nitrogens with zero attached hydrogens (tertiary/aromatic N) is 5. The molecular weight excluding hydrogens is 623 g/mol. The fourth-order valence-electron chi connectivity index (χ4n) is 5.42. The van der Waals surface area contributed by atoms with Crippen molar-refractivity contribution in [2.24, 2.45) is 0 Å². The van der Waals surface area contributed by atoms with Crippen molar-refractivity contribution in [2.45, 2.75) is 19.5 Å². The number of aromatic nitrogens is 4. The van der Waals surface area contributed by atoms with Crippen LogP contribution in [0.2, 0.25) is 0 Å². The first kappa shape index (κ1) is 35.7. The molecule has 0 aliphatic carbocycles. The molecule has 260 valence electrons. The van der Waals surface area contributed by atoms with Crippen molar-refractivity contribution in [3.05, 3.63) is 96.1 Å². The van der Waals surface area contributed by atoms with Crippen LogP contribution in [-0.2, 0) is 13.1 Å². The molecule has 11 nitrogen and oxygen atoms in total. The van der Waals surface area contributed by atoms with Gasteiger partial charge in [-0.2, -0.15) is 10.2 Å². The largest absolute Gasteiger partial charge is 0.494 e. The highest BCUT2D eigenvalue weighted by atomic mass is 19.1. The average molecular weight is 671 g/mol. The van der Waals surface area contributed by atoms with Crippen molar-refractivity contribution in [1.29, 1.82) is 0 Å². The molecule has 0 saturated carbocycles. The minimum Gasteiger partial charge on any atom is -0.494 e. The molecule has 5 aromatic rings. The molecule has 3 aromatic carbocycles. The third-order valence-corrected chi connectivity index (χ3v) is 8.12. The Kier molecular flexibility index (Phi) is 12.9. The Morgan fingerprint density at radius 1 is 0.857 bits per heavy atom. The SMILES string of the molecule is CNCCN(C)Cc1cn(-c2ccc(F)c(Oc3ccc(-c4[nH]ncc4CN(C)CCNC)cc3)c2)nc1-c1ccc(OCCCO)cc1. The molecule has 2 heterocycles. The van der Waals surface area contributed by atoms with Gasteiger partial charge < -0.3 is 35.0 Å². The van der Waals surface area contributed by atoms with E-state index in [1.165, 1.54) is 6.07 Å². The van der Waals surface area contributed by atoms with Gasteiger partial charge >= 0.3 is 0 Å². The van der Waals surface area contributed by atoms with Gasteiger partial charge in [0, 0.05) is 86.8 Å². The fourth-order valence-corrected chi connectivity index (χ4v) is 5.42. The first-order chi connectivity index (χ1) is 23.9. The Labute approximate surface area is 287 Å². The molecule has 12 heteroatoms. The molecule has 4 N–H and O–H groups in total. The van der Waals surface area contributed by atoms with Gasteiger partial charge in [-0.15, -0.1) is 0 Å². The lowest BCUT2D eigenvalue weighted by molar-refractivity contribution is 0.233. The number of hydrogen-bond acceptors (Lipinski definition) is 9. The van der Waals surface area contributed by atoms with E-state index in [4.69, 9.17) is 19.7 Å². The van der Waals surface area contributed by atoms with E-state index in [2.05, 4.69) is 44.7 Å². The highest BCUT2D eigenvalue weighted by Gasteiger charge is 2.17. The zero-order valence-corrected chi connectivity index (χ0v) is 28.7. The summed E-state index contributed by atoms with van der Waals surface area (Å²) in [4.78, 5) is 4.46. The van der Waals surface area contributed by atoms with Crippen LogP contribution < -0.4 is 20.1 Å². The van der Waals surface area contributed by atoms with E-state index in [9.17, 15) is 0 Å². The standard InChI is InChI=1S/C37H47FN8O3/c1-39-16-18-44(3)24-29-23-41-42-36(29)27-8-13-33(14-9-27)49-35-22-31(10-15-34(35)38)46-26-30(25-45(4)19-17-40-2)37(43-46)28-6-11-32(12-7-28)48-21-5-20-47/h6-15,22-23,26,39-40,47H,5,16-21,24-25H2,1-4H3,(H,41,42). The molecule has 5 rings (SSSR count). The molecule has 0 saturated heterocycles. The molecule has 49 heavy (non-hydrogen) atoms. The molecule has 0 amide bonds. The van der Waals surface area contributed by atoms with E-state index >= 15 is 4.39 Å². The summed E-state index contributed by atoms with van der Waals surface area (Å²) in [7, 11) is 8.04. The van der Waals surface area contributed by atoms with Crippen LogP contribution >= 0.6 is 0 Å². The lowest BCUT2D eigenvalue weighted by Crippen LogP contribution is -2.27. The molecule has 0 bridgehead atoms. The van der Waals surface area contributed by atoms with Crippen molar-refractivity contribution in [2.75, 3.05) is 67.6 Å². The maximum Gasteiger partial charge on any atom is 0.165 e. The number of rotatable bonds is 19. The number of benzene rings is 3. The molecular formula is C37H47FN8O3. The Morgan fingerprint density at radius 2 is 1.51 bits per heavy atom. The maximum atomic E-state index is 15.1. The second-order valence-corrected chi connectivity index (χ2v) is 12.1. The highest BCUT2D eigenvalue weighted by Crippen LogP contribution is 2.31. The smallest absolute Gasteiger partial charge is 0.165 e. The van der Waals surface area contributed by atoms with E-state index in [0.29, 0.717) is 31.0 Å². The monoisotopic (exact) mass is 670 g/mol. The predicted molar refractivity (Wildman–Crippen MR) is 191 cm³/mol. The van der Waals surface area contributed by atoms with E-state index in [1.807, 2.05) is 75.0 Å². The van der Waals surface area contributed by atoms with Crippen LogP contribution in [0, 0.1) is 5.82 Å². The van der Waals surface area contributed by atoms with E-state index < -0.39 is 5.82 Å². The Bertz CT molecular complexity index is 1740. The second kappa shape index (κ2) is 17.7. The van der Waals surface area contributed by atoms with Crippen LogP contribution in [0.5, 0.6) is 17.2 Å². The summed E-state index contributed by atoms with van der Waals surface area (Å²) >= 11 is 0. The van der Waals surface area contributed by atoms with Crippen LogP contribution in [0.4, 0.5) is 4.39 Å². The van der Waals surface area contributed by atoms with Gasteiger partial charge in [0.05, 0.1) is 29.9 Å². The zero-order chi connectivity index (χ0) is 34.6. The number of H-pyrrole nitrogens is 1. The van der Waals surface area contributed by atoms with Gasteiger partial charge in [0.15, 0.2) is 11.6 Å². The summed E-state index contributed by atoms with van der Waals surface area (Å²) in [6.07, 6.45) is 4.42. The van der Waals surface area contributed by atoms with Crippen molar-refractivity contribution in [3.8, 4) is 45.5 Å². The molecule has 0 aliphatic heterocycles. The van der Waals surface area contributed by atoms with Gasteiger partial charge in [-0.25, -0.2) is 9.07 Å². The normalized spacial score (nSPS) is 11.5. The summed E-state index contributed by atoms with van der Waals surface area (Å²) in [6, 6.07) is 20.1. The summed E-state index contributed by atoms with van der Waals surface area (Å²) < 4.78 is 28.7. The van der Waals surface area contributed by atoms with Gasteiger partial charge in [-0.1, -0.05) is 0 Å². The Balaban J connectivity index is 1.36. The van der Waals surface area contributed by atoms with Gasteiger partial charge in [0.25, 0.3) is 0 Å². The van der Waals surface area contributed by atoms with E-state index in [-0.39, 0.29) is 12.4 Å². The number of nitrogens with one attached hydrogen (secondary N) is 3. The van der Waals surface area contributed by atoms with E-state index in [1.54, 1.807) is 16.8 Å². The maximum absolute atomic E-state index is 15.1. The van der Waals surface area contributed by atoms with Gasteiger partial charge in [0.1, 0.15) is 11.5 Å². The third kappa shape index (κ3) is 9.74. The summed E-state index contributed by atoms with van der Waals surface area (Å²) in [5.41, 5.74) is 6.48. The quantitative estimate of drug-likeness (QED) is 0.0909. The lowest BCUT2D eigenvalue weighted by atomic mass is 10.1. The molecule has 0 fully saturated rings. The minimum atomic E-state index is -0.468. The molecule has 0 atom stereocenters. The van der Waals surface area contributed by atoms with Crippen molar-refractivity contribution in [3.63, 3.8) is 0 Å². The first-order valence-corrected chi connectivity index (χ1v) is 16.6. The van der Waals surface area contributed by atoms with E-state index in [0.717, 1.165) is 72.1 Å². The van der Waals surface area contributed by atoms with Gasteiger partial charge in [0.2, 0.25) is 0 Å². The average Bonchev–Trinajstić information content (AvgIpc) is 3.75. The Hall–Kier alpha value is -4.59. The topological polar surface area (TPSA) is 116 Å². The molecule has 0 aliphatic rings. The number of halogens is 1. The first-order valence-electron chi connectivity index (χ1n) is 16.6. The fraction of sp³-hybridized carbons (Fsp3) is 0.351. The van der Waals surface area contributed by atoms with Crippen molar-refractivity contribution < 1.29 is 19.0 Å². The number of ether oxygens (including phenoxy) is 2. The van der Waals surface area contributed by atoms with Gasteiger partial charge in [-0.05, 0) is 88.9 Å². The number of aliphatic hydroxyl groups excluding tert-OH is 1. The zero-order valence-electron chi connectivity index (χ0n) is 28.7. The summed E-state index contributed by atoms with van der Waals surface area (Å²) in [6.45, 7) is 5.52. The molecule has 0 radical (unpaired) electrons. The van der Waals surface area contributed by atoms with Crippen LogP contribution in [0.25, 0.3) is 28.2 Å². The second-order valence-electron chi connectivity index (χ2n) is 12.1. The van der Waals surface area contributed by atoms with Crippen LogP contribution in [-0.4, -0.2) is 102 Å². The number of aliphatic hydroxyl groups is 1.